The van der Waals surface area contributed by atoms with Gasteiger partial charge in [-0.15, -0.1) is 0 Å². The van der Waals surface area contributed by atoms with Crippen LogP contribution in [0.1, 0.15) is 35.5 Å². The third-order valence-electron chi connectivity index (χ3n) is 4.91. The van der Waals surface area contributed by atoms with Crippen molar-refractivity contribution in [1.29, 1.82) is 0 Å². The molecule has 4 rings (SSSR count). The molecule has 0 fully saturated rings. The first-order valence-corrected chi connectivity index (χ1v) is 9.94. The van der Waals surface area contributed by atoms with Crippen LogP contribution in [0.25, 0.3) is 0 Å². The maximum Gasteiger partial charge on any atom is 0.272 e. The van der Waals surface area contributed by atoms with Crippen molar-refractivity contribution in [3.8, 4) is 5.75 Å². The highest BCUT2D eigenvalue weighted by Gasteiger charge is 2.22. The number of rotatable bonds is 5. The Morgan fingerprint density at radius 1 is 1.03 bits per heavy atom. The Morgan fingerprint density at radius 2 is 1.79 bits per heavy atom. The first-order valence-electron chi connectivity index (χ1n) is 9.94. The molecule has 0 unspecified atom stereocenters. The molecular formula is C24H25N3O2. The van der Waals surface area contributed by atoms with E-state index in [0.717, 1.165) is 23.5 Å². The highest BCUT2D eigenvalue weighted by Crippen LogP contribution is 2.23. The fourth-order valence-corrected chi connectivity index (χ4v) is 3.51. The van der Waals surface area contributed by atoms with E-state index in [1.807, 2.05) is 55.1 Å². The molecule has 1 N–H and O–H groups in total. The first kappa shape index (κ1) is 19.0. The Balaban J connectivity index is 1.45. The summed E-state index contributed by atoms with van der Waals surface area (Å²) in [5.41, 5.74) is 4.75. The molecule has 0 aliphatic carbocycles. The second kappa shape index (κ2) is 8.35. The molecule has 29 heavy (non-hydrogen) atoms. The van der Waals surface area contributed by atoms with Gasteiger partial charge in [-0.3, -0.25) is 9.78 Å². The maximum absolute atomic E-state index is 13.0. The standard InChI is InChI=1S/C24H25N3O2/c1-17(2)29-22-9-7-20(8-10-22)26-21-11-13-25-23(15-21)24(28)27-14-12-18-5-3-4-6-19(18)16-27/h3-11,13,15,17H,12,14,16H2,1-2H3,(H,25,26). The average molecular weight is 387 g/mol. The van der Waals surface area contributed by atoms with E-state index in [4.69, 9.17) is 4.74 Å². The van der Waals surface area contributed by atoms with Gasteiger partial charge in [0.05, 0.1) is 6.10 Å². The smallest absolute Gasteiger partial charge is 0.272 e. The third kappa shape index (κ3) is 4.57. The lowest BCUT2D eigenvalue weighted by molar-refractivity contribution is 0.0729. The Bertz CT molecular complexity index is 999. The maximum atomic E-state index is 13.0. The molecule has 3 aromatic rings. The van der Waals surface area contributed by atoms with Gasteiger partial charge in [-0.1, -0.05) is 24.3 Å². The largest absolute Gasteiger partial charge is 0.491 e. The van der Waals surface area contributed by atoms with Crippen LogP contribution in [0.3, 0.4) is 0 Å². The van der Waals surface area contributed by atoms with Crippen LogP contribution in [0.5, 0.6) is 5.75 Å². The Kier molecular flexibility index (Phi) is 5.47. The lowest BCUT2D eigenvalue weighted by Crippen LogP contribution is -2.36. The molecule has 0 atom stereocenters. The SMILES string of the molecule is CC(C)Oc1ccc(Nc2ccnc(C(=O)N3CCc4ccccc4C3)c2)cc1. The molecule has 2 aromatic carbocycles. The molecule has 5 heteroatoms. The predicted molar refractivity (Wildman–Crippen MR) is 115 cm³/mol. The van der Waals surface area contributed by atoms with Crippen LogP contribution in [0.2, 0.25) is 0 Å². The summed E-state index contributed by atoms with van der Waals surface area (Å²) in [7, 11) is 0. The van der Waals surface area contributed by atoms with Crippen LogP contribution in [-0.2, 0) is 13.0 Å². The van der Waals surface area contributed by atoms with Crippen LogP contribution in [0, 0.1) is 0 Å². The molecule has 1 aromatic heterocycles. The minimum atomic E-state index is -0.0381. The van der Waals surface area contributed by atoms with Crippen molar-refractivity contribution in [2.45, 2.75) is 32.9 Å². The number of anilines is 2. The van der Waals surface area contributed by atoms with Gasteiger partial charge in [0.25, 0.3) is 5.91 Å². The number of amides is 1. The van der Waals surface area contributed by atoms with Gasteiger partial charge in [-0.2, -0.15) is 0 Å². The highest BCUT2D eigenvalue weighted by molar-refractivity contribution is 5.93. The molecule has 0 spiro atoms. The summed E-state index contributed by atoms with van der Waals surface area (Å²) in [5, 5.41) is 3.33. The molecule has 0 radical (unpaired) electrons. The zero-order valence-corrected chi connectivity index (χ0v) is 16.8. The molecule has 5 nitrogen and oxygen atoms in total. The van der Waals surface area contributed by atoms with Crippen LogP contribution in [0.15, 0.2) is 66.9 Å². The van der Waals surface area contributed by atoms with E-state index in [9.17, 15) is 4.79 Å². The van der Waals surface area contributed by atoms with E-state index in [-0.39, 0.29) is 12.0 Å². The van der Waals surface area contributed by atoms with Crippen LogP contribution in [-0.4, -0.2) is 28.4 Å². The second-order valence-corrected chi connectivity index (χ2v) is 7.49. The number of nitrogens with zero attached hydrogens (tertiary/aromatic N) is 2. The van der Waals surface area contributed by atoms with E-state index in [0.29, 0.717) is 18.8 Å². The van der Waals surface area contributed by atoms with Gasteiger partial charge < -0.3 is 15.0 Å². The molecular weight excluding hydrogens is 362 g/mol. The normalized spacial score (nSPS) is 13.1. The van der Waals surface area contributed by atoms with Crippen molar-refractivity contribution < 1.29 is 9.53 Å². The number of nitrogens with one attached hydrogen (secondary N) is 1. The van der Waals surface area contributed by atoms with Crippen molar-refractivity contribution in [3.05, 3.63) is 83.7 Å². The molecule has 0 saturated heterocycles. The lowest BCUT2D eigenvalue weighted by atomic mass is 10.00. The number of carbonyl (C=O) groups is 1. The number of benzene rings is 2. The van der Waals surface area contributed by atoms with Gasteiger partial charge in [0.15, 0.2) is 0 Å². The number of pyridine rings is 1. The van der Waals surface area contributed by atoms with Crippen LogP contribution >= 0.6 is 0 Å². The van der Waals surface area contributed by atoms with E-state index >= 15 is 0 Å². The Labute approximate surface area is 171 Å². The van der Waals surface area contributed by atoms with Crippen molar-refractivity contribution in [1.82, 2.24) is 9.88 Å². The van der Waals surface area contributed by atoms with Gasteiger partial charge in [-0.05, 0) is 67.8 Å². The Morgan fingerprint density at radius 3 is 2.55 bits per heavy atom. The number of hydrogen-bond donors (Lipinski definition) is 1. The molecule has 0 saturated carbocycles. The summed E-state index contributed by atoms with van der Waals surface area (Å²) in [6, 6.07) is 19.7. The van der Waals surface area contributed by atoms with Crippen LogP contribution < -0.4 is 10.1 Å². The zero-order valence-electron chi connectivity index (χ0n) is 16.8. The van der Waals surface area contributed by atoms with Gasteiger partial charge >= 0.3 is 0 Å². The summed E-state index contributed by atoms with van der Waals surface area (Å²) in [6.07, 6.45) is 2.69. The predicted octanol–water partition coefficient (Wildman–Crippen LogP) is 4.81. The third-order valence-corrected chi connectivity index (χ3v) is 4.91. The highest BCUT2D eigenvalue weighted by atomic mass is 16.5. The molecule has 148 valence electrons. The number of ether oxygens (including phenoxy) is 1. The topological polar surface area (TPSA) is 54.5 Å². The minimum Gasteiger partial charge on any atom is -0.491 e. The quantitative estimate of drug-likeness (QED) is 0.683. The summed E-state index contributed by atoms with van der Waals surface area (Å²) in [5.74, 6) is 0.797. The molecule has 0 bridgehead atoms. The average Bonchev–Trinajstić information content (AvgIpc) is 2.74. The summed E-state index contributed by atoms with van der Waals surface area (Å²) in [6.45, 7) is 5.35. The molecule has 1 amide bonds. The second-order valence-electron chi connectivity index (χ2n) is 7.49. The summed E-state index contributed by atoms with van der Waals surface area (Å²) >= 11 is 0. The Hall–Kier alpha value is -3.34. The van der Waals surface area contributed by atoms with Crippen molar-refractivity contribution >= 4 is 17.3 Å². The first-order chi connectivity index (χ1) is 14.1. The van der Waals surface area contributed by atoms with Crippen LogP contribution in [0.4, 0.5) is 11.4 Å². The molecule has 1 aliphatic rings. The van der Waals surface area contributed by atoms with Gasteiger partial charge in [0.2, 0.25) is 0 Å². The number of fused-ring (bicyclic) bond motifs is 1. The minimum absolute atomic E-state index is 0.0381. The van der Waals surface area contributed by atoms with Crippen molar-refractivity contribution in [3.63, 3.8) is 0 Å². The fraction of sp³-hybridized carbons (Fsp3) is 0.250. The number of hydrogen-bond acceptors (Lipinski definition) is 4. The van der Waals surface area contributed by atoms with Gasteiger partial charge in [0.1, 0.15) is 11.4 Å². The molecule has 1 aliphatic heterocycles. The number of carbonyl (C=O) groups excluding carboxylic acids is 1. The van der Waals surface area contributed by atoms with Gasteiger partial charge in [-0.25, -0.2) is 0 Å². The van der Waals surface area contributed by atoms with E-state index in [1.54, 1.807) is 12.3 Å². The van der Waals surface area contributed by atoms with E-state index in [2.05, 4.69) is 28.5 Å². The monoisotopic (exact) mass is 387 g/mol. The summed E-state index contributed by atoms with van der Waals surface area (Å²) in [4.78, 5) is 19.2. The van der Waals surface area contributed by atoms with E-state index in [1.165, 1.54) is 11.1 Å². The summed E-state index contributed by atoms with van der Waals surface area (Å²) < 4.78 is 5.67. The van der Waals surface area contributed by atoms with Crippen molar-refractivity contribution in [2.75, 3.05) is 11.9 Å². The van der Waals surface area contributed by atoms with Gasteiger partial charge in [0, 0.05) is 30.7 Å². The number of aromatic nitrogens is 1. The zero-order chi connectivity index (χ0) is 20.2. The van der Waals surface area contributed by atoms with Crippen molar-refractivity contribution in [2.24, 2.45) is 0 Å². The van der Waals surface area contributed by atoms with E-state index < -0.39 is 0 Å². The lowest BCUT2D eigenvalue weighted by Gasteiger charge is -2.28. The molecule has 2 heterocycles. The fourth-order valence-electron chi connectivity index (χ4n) is 3.51.